The van der Waals surface area contributed by atoms with Crippen molar-refractivity contribution < 1.29 is 17.6 Å². The maximum Gasteiger partial charge on any atom is 0.254 e. The van der Waals surface area contributed by atoms with Crippen LogP contribution >= 0.6 is 11.3 Å². The van der Waals surface area contributed by atoms with Crippen molar-refractivity contribution in [1.29, 1.82) is 0 Å². The first-order valence-corrected chi connectivity index (χ1v) is 13.7. The zero-order valence-electron chi connectivity index (χ0n) is 19.5. The third-order valence-electron chi connectivity index (χ3n) is 6.13. The summed E-state index contributed by atoms with van der Waals surface area (Å²) in [6.45, 7) is 5.61. The van der Waals surface area contributed by atoms with Crippen LogP contribution in [0.2, 0.25) is 0 Å². The molecular formula is C26H25N3O4S2. The second kappa shape index (κ2) is 9.31. The van der Waals surface area contributed by atoms with E-state index in [4.69, 9.17) is 4.42 Å². The molecule has 1 aliphatic heterocycles. The van der Waals surface area contributed by atoms with E-state index < -0.39 is 9.84 Å². The van der Waals surface area contributed by atoms with Crippen molar-refractivity contribution in [3.63, 3.8) is 0 Å². The molecule has 1 aliphatic rings. The largest absolute Gasteiger partial charge is 0.418 e. The number of carbonyl (C=O) groups is 1. The van der Waals surface area contributed by atoms with Crippen molar-refractivity contribution in [2.75, 3.05) is 31.1 Å². The Morgan fingerprint density at radius 1 is 0.943 bits per heavy atom. The van der Waals surface area contributed by atoms with E-state index in [1.54, 1.807) is 29.2 Å². The topological polar surface area (TPSA) is 83.7 Å². The Morgan fingerprint density at radius 3 is 2.31 bits per heavy atom. The number of rotatable bonds is 5. The number of nitrogens with zero attached hydrogens (tertiary/aromatic N) is 3. The highest BCUT2D eigenvalue weighted by atomic mass is 32.2. The molecule has 2 aromatic carbocycles. The molecule has 0 bridgehead atoms. The van der Waals surface area contributed by atoms with Crippen LogP contribution in [0.1, 0.15) is 21.5 Å². The molecule has 4 aromatic rings. The van der Waals surface area contributed by atoms with Crippen LogP contribution in [0, 0.1) is 13.8 Å². The molecular weight excluding hydrogens is 482 g/mol. The Morgan fingerprint density at radius 2 is 1.66 bits per heavy atom. The minimum absolute atomic E-state index is 0.0212. The van der Waals surface area contributed by atoms with Gasteiger partial charge in [0.1, 0.15) is 0 Å². The number of benzene rings is 2. The van der Waals surface area contributed by atoms with Crippen LogP contribution in [0.3, 0.4) is 0 Å². The Kier molecular flexibility index (Phi) is 6.21. The summed E-state index contributed by atoms with van der Waals surface area (Å²) in [5.41, 5.74) is 2.59. The molecule has 3 heterocycles. The summed E-state index contributed by atoms with van der Waals surface area (Å²) in [5, 5.41) is 1.80. The van der Waals surface area contributed by atoms with Gasteiger partial charge in [-0.15, -0.1) is 11.3 Å². The Balaban J connectivity index is 1.45. The summed E-state index contributed by atoms with van der Waals surface area (Å²) in [5.74, 6) is 0.475. The van der Waals surface area contributed by atoms with Crippen molar-refractivity contribution in [2.45, 2.75) is 23.8 Å². The summed E-state index contributed by atoms with van der Waals surface area (Å²) < 4.78 is 33.2. The highest BCUT2D eigenvalue weighted by molar-refractivity contribution is 7.91. The predicted octanol–water partition coefficient (Wildman–Crippen LogP) is 4.82. The first-order valence-electron chi connectivity index (χ1n) is 11.3. The van der Waals surface area contributed by atoms with E-state index >= 15 is 0 Å². The first-order chi connectivity index (χ1) is 16.8. The van der Waals surface area contributed by atoms with Gasteiger partial charge in [0, 0.05) is 31.7 Å². The second-order valence-electron chi connectivity index (χ2n) is 8.52. The number of sulfone groups is 1. The molecule has 0 radical (unpaired) electrons. The Bertz CT molecular complexity index is 1450. The molecule has 0 unspecified atom stereocenters. The quantitative estimate of drug-likeness (QED) is 0.385. The monoisotopic (exact) mass is 507 g/mol. The molecule has 1 fully saturated rings. The third kappa shape index (κ3) is 4.49. The predicted molar refractivity (Wildman–Crippen MR) is 136 cm³/mol. The fourth-order valence-electron chi connectivity index (χ4n) is 4.10. The highest BCUT2D eigenvalue weighted by Crippen LogP contribution is 2.36. The van der Waals surface area contributed by atoms with E-state index in [0.29, 0.717) is 31.7 Å². The lowest BCUT2D eigenvalue weighted by molar-refractivity contribution is 0.0744. The molecule has 9 heteroatoms. The fraction of sp³-hybridized carbons (Fsp3) is 0.231. The summed E-state index contributed by atoms with van der Waals surface area (Å²) in [6, 6.07) is 18.0. The van der Waals surface area contributed by atoms with Gasteiger partial charge in [-0.1, -0.05) is 42.0 Å². The SMILES string of the molecule is Cc1ccc(S(=O)(=O)c2nc(-c3cccs3)oc2N2CCN(C(=O)c3ccccc3C)CC2)cc1. The van der Waals surface area contributed by atoms with E-state index in [1.807, 2.05) is 60.5 Å². The van der Waals surface area contributed by atoms with Gasteiger partial charge < -0.3 is 14.2 Å². The lowest BCUT2D eigenvalue weighted by atomic mass is 10.1. The molecule has 1 amide bonds. The Labute approximate surface area is 208 Å². The van der Waals surface area contributed by atoms with Crippen LogP contribution in [0.4, 0.5) is 5.88 Å². The Hall–Kier alpha value is -3.43. The molecule has 0 aliphatic carbocycles. The average molecular weight is 508 g/mol. The number of oxazole rings is 1. The molecule has 5 rings (SSSR count). The molecule has 180 valence electrons. The molecule has 2 aromatic heterocycles. The lowest BCUT2D eigenvalue weighted by Crippen LogP contribution is -2.49. The van der Waals surface area contributed by atoms with Gasteiger partial charge in [0.15, 0.2) is 0 Å². The number of carbonyl (C=O) groups excluding carboxylic acids is 1. The van der Waals surface area contributed by atoms with Crippen LogP contribution in [0.15, 0.2) is 80.4 Å². The number of hydrogen-bond donors (Lipinski definition) is 0. The average Bonchev–Trinajstić information content (AvgIpc) is 3.55. The lowest BCUT2D eigenvalue weighted by Gasteiger charge is -2.35. The maximum absolute atomic E-state index is 13.6. The van der Waals surface area contributed by atoms with Gasteiger partial charge in [0.05, 0.1) is 9.77 Å². The summed E-state index contributed by atoms with van der Waals surface area (Å²) >= 11 is 1.43. The van der Waals surface area contributed by atoms with Gasteiger partial charge in [0.25, 0.3) is 5.91 Å². The molecule has 1 saturated heterocycles. The van der Waals surface area contributed by atoms with Gasteiger partial charge >= 0.3 is 0 Å². The van der Waals surface area contributed by atoms with Crippen molar-refractivity contribution >= 4 is 33.0 Å². The van der Waals surface area contributed by atoms with E-state index in [-0.39, 0.29) is 27.6 Å². The van der Waals surface area contributed by atoms with Gasteiger partial charge in [-0.3, -0.25) is 4.79 Å². The normalized spacial score (nSPS) is 14.3. The van der Waals surface area contributed by atoms with Gasteiger partial charge in [-0.05, 0) is 49.1 Å². The van der Waals surface area contributed by atoms with Crippen LogP contribution in [0.25, 0.3) is 10.8 Å². The van der Waals surface area contributed by atoms with Crippen LogP contribution in [0.5, 0.6) is 0 Å². The zero-order chi connectivity index (χ0) is 24.6. The van der Waals surface area contributed by atoms with Crippen LogP contribution in [-0.4, -0.2) is 50.4 Å². The number of hydrogen-bond acceptors (Lipinski definition) is 7. The molecule has 0 spiro atoms. The van der Waals surface area contributed by atoms with Crippen molar-refractivity contribution in [3.05, 3.63) is 82.7 Å². The van der Waals surface area contributed by atoms with E-state index in [9.17, 15) is 13.2 Å². The highest BCUT2D eigenvalue weighted by Gasteiger charge is 2.34. The zero-order valence-corrected chi connectivity index (χ0v) is 21.1. The number of anilines is 1. The van der Waals surface area contributed by atoms with Crippen molar-refractivity contribution in [2.24, 2.45) is 0 Å². The van der Waals surface area contributed by atoms with Gasteiger partial charge in [-0.2, -0.15) is 4.98 Å². The van der Waals surface area contributed by atoms with Crippen LogP contribution in [-0.2, 0) is 9.84 Å². The standard InChI is InChI=1S/C26H25N3O4S2/c1-18-9-11-20(12-10-18)35(31,32)24-26(33-23(27-24)22-8-5-17-34-22)29-15-13-28(14-16-29)25(30)21-7-4-3-6-19(21)2/h3-12,17H,13-16H2,1-2H3. The van der Waals surface area contributed by atoms with E-state index in [2.05, 4.69) is 4.98 Å². The number of thiophene rings is 1. The summed E-state index contributed by atoms with van der Waals surface area (Å²) in [6.07, 6.45) is 0. The van der Waals surface area contributed by atoms with Crippen molar-refractivity contribution in [1.82, 2.24) is 9.88 Å². The first kappa shape index (κ1) is 23.3. The summed E-state index contributed by atoms with van der Waals surface area (Å²) in [7, 11) is -3.91. The fourth-order valence-corrected chi connectivity index (χ4v) is 6.07. The minimum Gasteiger partial charge on any atom is -0.418 e. The number of aromatic nitrogens is 1. The number of aryl methyl sites for hydroxylation is 2. The van der Waals surface area contributed by atoms with Crippen LogP contribution < -0.4 is 4.90 Å². The second-order valence-corrected chi connectivity index (χ2v) is 11.3. The summed E-state index contributed by atoms with van der Waals surface area (Å²) in [4.78, 5) is 22.1. The smallest absolute Gasteiger partial charge is 0.254 e. The van der Waals surface area contributed by atoms with E-state index in [0.717, 1.165) is 16.0 Å². The molecule has 0 saturated carbocycles. The number of piperazine rings is 1. The van der Waals surface area contributed by atoms with Gasteiger partial charge in [0.2, 0.25) is 26.6 Å². The van der Waals surface area contributed by atoms with Gasteiger partial charge in [-0.25, -0.2) is 8.42 Å². The molecule has 0 N–H and O–H groups in total. The third-order valence-corrected chi connectivity index (χ3v) is 8.65. The molecule has 0 atom stereocenters. The minimum atomic E-state index is -3.91. The molecule has 35 heavy (non-hydrogen) atoms. The molecule has 7 nitrogen and oxygen atoms in total. The maximum atomic E-state index is 13.6. The number of amides is 1. The van der Waals surface area contributed by atoms with Crippen molar-refractivity contribution in [3.8, 4) is 10.8 Å². The van der Waals surface area contributed by atoms with E-state index in [1.165, 1.54) is 11.3 Å².